The van der Waals surface area contributed by atoms with E-state index in [4.69, 9.17) is 4.74 Å². The number of hydrogen-bond donors (Lipinski definition) is 0. The Morgan fingerprint density at radius 2 is 1.94 bits per heavy atom. The molecule has 0 spiro atoms. The maximum Gasteiger partial charge on any atom is 0.586 e. The van der Waals surface area contributed by atoms with Crippen molar-refractivity contribution in [3.63, 3.8) is 0 Å². The van der Waals surface area contributed by atoms with Crippen LogP contribution in [-0.2, 0) is 0 Å². The van der Waals surface area contributed by atoms with E-state index in [1.807, 2.05) is 0 Å². The van der Waals surface area contributed by atoms with Crippen molar-refractivity contribution in [1.82, 2.24) is 0 Å². The molecule has 1 aliphatic carbocycles. The van der Waals surface area contributed by atoms with Crippen molar-refractivity contribution in [3.05, 3.63) is 18.2 Å². The minimum absolute atomic E-state index is 0.0277. The topological polar surface area (TPSA) is 27.7 Å². The van der Waals surface area contributed by atoms with Gasteiger partial charge in [0.05, 0.1) is 6.10 Å². The zero-order valence-corrected chi connectivity index (χ0v) is 9.28. The van der Waals surface area contributed by atoms with E-state index < -0.39 is 6.29 Å². The first-order valence-electron chi connectivity index (χ1n) is 5.58. The zero-order chi connectivity index (χ0) is 12.0. The fourth-order valence-electron chi connectivity index (χ4n) is 2.12. The van der Waals surface area contributed by atoms with Crippen molar-refractivity contribution < 1.29 is 23.0 Å². The second-order valence-corrected chi connectivity index (χ2v) is 4.59. The molecule has 0 amide bonds. The molecule has 92 valence electrons. The van der Waals surface area contributed by atoms with Gasteiger partial charge in [-0.3, -0.25) is 0 Å². The maximum atomic E-state index is 12.8. The van der Waals surface area contributed by atoms with Crippen molar-refractivity contribution >= 4 is 0 Å². The average Bonchev–Trinajstić information content (AvgIpc) is 2.48. The van der Waals surface area contributed by atoms with Crippen LogP contribution in [0.3, 0.4) is 0 Å². The van der Waals surface area contributed by atoms with Gasteiger partial charge in [0.1, 0.15) is 5.75 Å². The highest BCUT2D eigenvalue weighted by Crippen LogP contribution is 2.43. The number of alkyl halides is 2. The molecule has 17 heavy (non-hydrogen) atoms. The van der Waals surface area contributed by atoms with E-state index in [1.54, 1.807) is 6.07 Å². The molecule has 1 saturated carbocycles. The minimum Gasteiger partial charge on any atom is -0.490 e. The van der Waals surface area contributed by atoms with Crippen LogP contribution in [0.25, 0.3) is 0 Å². The zero-order valence-electron chi connectivity index (χ0n) is 9.28. The molecule has 2 aliphatic rings. The van der Waals surface area contributed by atoms with Crippen LogP contribution in [0.15, 0.2) is 18.2 Å². The van der Waals surface area contributed by atoms with E-state index in [-0.39, 0.29) is 17.6 Å². The number of fused-ring (bicyclic) bond motifs is 1. The molecule has 0 atom stereocenters. The molecular weight excluding hydrogens is 230 g/mol. The molecule has 0 bridgehead atoms. The summed E-state index contributed by atoms with van der Waals surface area (Å²) in [6.07, 6.45) is -1.37. The number of rotatable bonds is 2. The fraction of sp³-hybridized carbons (Fsp3) is 0.500. The molecule has 3 rings (SSSR count). The van der Waals surface area contributed by atoms with Gasteiger partial charge in [0, 0.05) is 6.07 Å². The maximum absolute atomic E-state index is 12.8. The summed E-state index contributed by atoms with van der Waals surface area (Å²) in [5, 5.41) is 0. The molecule has 5 heteroatoms. The van der Waals surface area contributed by atoms with Crippen molar-refractivity contribution in [3.8, 4) is 17.2 Å². The molecule has 0 saturated heterocycles. The third-order valence-corrected chi connectivity index (χ3v) is 3.01. The Balaban J connectivity index is 1.72. The monoisotopic (exact) mass is 242 g/mol. The van der Waals surface area contributed by atoms with Gasteiger partial charge in [0.2, 0.25) is 0 Å². The molecular formula is C12H12F2O3. The van der Waals surface area contributed by atoms with E-state index in [0.29, 0.717) is 11.7 Å². The van der Waals surface area contributed by atoms with Crippen LogP contribution in [0.1, 0.15) is 19.8 Å². The first kappa shape index (κ1) is 10.6. The highest BCUT2D eigenvalue weighted by molar-refractivity contribution is 5.47. The summed E-state index contributed by atoms with van der Waals surface area (Å²) in [5.41, 5.74) is 0. The Kier molecular flexibility index (Phi) is 2.18. The number of halogens is 2. The van der Waals surface area contributed by atoms with Crippen LogP contribution >= 0.6 is 0 Å². The molecule has 1 aromatic carbocycles. The van der Waals surface area contributed by atoms with Gasteiger partial charge in [-0.05, 0) is 30.9 Å². The molecule has 0 unspecified atom stereocenters. The third kappa shape index (κ3) is 2.01. The molecule has 0 aromatic heterocycles. The molecule has 0 N–H and O–H groups in total. The van der Waals surface area contributed by atoms with E-state index in [9.17, 15) is 8.78 Å². The van der Waals surface area contributed by atoms with Crippen LogP contribution in [0.2, 0.25) is 0 Å². The van der Waals surface area contributed by atoms with Gasteiger partial charge in [0.15, 0.2) is 11.5 Å². The molecule has 1 fully saturated rings. The SMILES string of the molecule is CC1CC(Oc2ccc3c(c2)OC(F)(F)O3)C1. The van der Waals surface area contributed by atoms with Crippen LogP contribution in [0.5, 0.6) is 17.2 Å². The standard InChI is InChI=1S/C12H12F2O3/c1-7-4-9(5-7)15-8-2-3-10-11(6-8)17-12(13,14)16-10/h2-3,6-7,9H,4-5H2,1H3. The van der Waals surface area contributed by atoms with Crippen molar-refractivity contribution in [2.24, 2.45) is 5.92 Å². The highest BCUT2D eigenvalue weighted by Gasteiger charge is 2.43. The third-order valence-electron chi connectivity index (χ3n) is 3.01. The Labute approximate surface area is 97.3 Å². The summed E-state index contributed by atoms with van der Waals surface area (Å²) in [6, 6.07) is 4.50. The smallest absolute Gasteiger partial charge is 0.490 e. The lowest BCUT2D eigenvalue weighted by Gasteiger charge is -2.32. The number of benzene rings is 1. The summed E-state index contributed by atoms with van der Waals surface area (Å²) in [7, 11) is 0. The summed E-state index contributed by atoms with van der Waals surface area (Å²) in [6.45, 7) is 2.15. The summed E-state index contributed by atoms with van der Waals surface area (Å²) >= 11 is 0. The van der Waals surface area contributed by atoms with E-state index in [2.05, 4.69) is 16.4 Å². The first-order valence-corrected chi connectivity index (χ1v) is 5.58. The van der Waals surface area contributed by atoms with Gasteiger partial charge in [-0.2, -0.15) is 0 Å². The van der Waals surface area contributed by atoms with Crippen LogP contribution in [0, 0.1) is 5.92 Å². The van der Waals surface area contributed by atoms with E-state index >= 15 is 0 Å². The van der Waals surface area contributed by atoms with Gasteiger partial charge < -0.3 is 14.2 Å². The lowest BCUT2D eigenvalue weighted by atomic mass is 9.84. The molecule has 1 aromatic rings. The summed E-state index contributed by atoms with van der Waals surface area (Å²) < 4.78 is 39.8. The Morgan fingerprint density at radius 3 is 2.65 bits per heavy atom. The van der Waals surface area contributed by atoms with Crippen LogP contribution in [-0.4, -0.2) is 12.4 Å². The lowest BCUT2D eigenvalue weighted by Crippen LogP contribution is -2.31. The van der Waals surface area contributed by atoms with Crippen molar-refractivity contribution in [2.75, 3.05) is 0 Å². The summed E-state index contributed by atoms with van der Waals surface area (Å²) in [4.78, 5) is 0. The Bertz CT molecular complexity index is 441. The normalized spacial score (nSPS) is 28.6. The predicted molar refractivity (Wildman–Crippen MR) is 55.5 cm³/mol. The van der Waals surface area contributed by atoms with E-state index in [0.717, 1.165) is 12.8 Å². The molecule has 3 nitrogen and oxygen atoms in total. The van der Waals surface area contributed by atoms with Gasteiger partial charge in [-0.25, -0.2) is 0 Å². The Hall–Kier alpha value is -1.52. The predicted octanol–water partition coefficient (Wildman–Crippen LogP) is 3.19. The average molecular weight is 242 g/mol. The second-order valence-electron chi connectivity index (χ2n) is 4.59. The van der Waals surface area contributed by atoms with E-state index in [1.165, 1.54) is 12.1 Å². The van der Waals surface area contributed by atoms with Gasteiger partial charge >= 0.3 is 6.29 Å². The van der Waals surface area contributed by atoms with Gasteiger partial charge in [-0.15, -0.1) is 8.78 Å². The highest BCUT2D eigenvalue weighted by atomic mass is 19.3. The van der Waals surface area contributed by atoms with Crippen molar-refractivity contribution in [1.29, 1.82) is 0 Å². The largest absolute Gasteiger partial charge is 0.586 e. The Morgan fingerprint density at radius 1 is 1.24 bits per heavy atom. The number of ether oxygens (including phenoxy) is 3. The first-order chi connectivity index (χ1) is 8.02. The quantitative estimate of drug-likeness (QED) is 0.797. The van der Waals surface area contributed by atoms with Crippen LogP contribution in [0.4, 0.5) is 8.78 Å². The number of hydrogen-bond acceptors (Lipinski definition) is 3. The van der Waals surface area contributed by atoms with Crippen LogP contribution < -0.4 is 14.2 Å². The summed E-state index contributed by atoms with van der Waals surface area (Å²) in [5.74, 6) is 1.30. The minimum atomic E-state index is -3.56. The fourth-order valence-corrected chi connectivity index (χ4v) is 2.12. The molecule has 1 heterocycles. The second kappa shape index (κ2) is 3.48. The molecule has 0 radical (unpaired) electrons. The van der Waals surface area contributed by atoms with Crippen molar-refractivity contribution in [2.45, 2.75) is 32.2 Å². The van der Waals surface area contributed by atoms with Gasteiger partial charge in [0.25, 0.3) is 0 Å². The molecule has 1 aliphatic heterocycles. The van der Waals surface area contributed by atoms with Gasteiger partial charge in [-0.1, -0.05) is 6.92 Å². The lowest BCUT2D eigenvalue weighted by molar-refractivity contribution is -0.286.